The molecular weight excluding hydrogens is 703 g/mol. The van der Waals surface area contributed by atoms with Crippen molar-refractivity contribution >= 4 is 80.2 Å². The van der Waals surface area contributed by atoms with Crippen LogP contribution in [-0.4, -0.2) is 26.1 Å². The van der Waals surface area contributed by atoms with Gasteiger partial charge in [-0.15, -0.1) is 11.8 Å². The van der Waals surface area contributed by atoms with Crippen molar-refractivity contribution in [1.29, 1.82) is 0 Å². The second kappa shape index (κ2) is 16.0. The number of nitrogens with two attached hydrogens (primary N) is 1. The zero-order valence-corrected chi connectivity index (χ0v) is 28.6. The molecule has 0 saturated carbocycles. The Labute approximate surface area is 297 Å². The quantitative estimate of drug-likeness (QED) is 0.0817. The third kappa shape index (κ3) is 9.82. The maximum absolute atomic E-state index is 13.6. The van der Waals surface area contributed by atoms with Gasteiger partial charge in [0.1, 0.15) is 10.9 Å². The van der Waals surface area contributed by atoms with Crippen LogP contribution in [-0.2, 0) is 19.6 Å². The number of thioether (sulfide) groups is 1. The third-order valence-electron chi connectivity index (χ3n) is 6.93. The van der Waals surface area contributed by atoms with E-state index >= 15 is 0 Å². The minimum absolute atomic E-state index is 0.0638. The SMILES string of the molecule is NS(=O)(=O)c1ccc(NC(=O)C(Sc2cccc(NC(=O)/C(=C\c3ccc(Cl)cc3Cl)NC(=O)c3ccccc3)c2)c2ccccc2)cc1. The largest absolute Gasteiger partial charge is 0.325 e. The fourth-order valence-electron chi connectivity index (χ4n) is 4.53. The smallest absolute Gasteiger partial charge is 0.272 e. The van der Waals surface area contributed by atoms with Crippen LogP contribution in [0.4, 0.5) is 11.4 Å². The van der Waals surface area contributed by atoms with Crippen LogP contribution in [0.1, 0.15) is 26.7 Å². The van der Waals surface area contributed by atoms with E-state index in [1.807, 2.05) is 30.3 Å². The van der Waals surface area contributed by atoms with Gasteiger partial charge >= 0.3 is 0 Å². The van der Waals surface area contributed by atoms with Gasteiger partial charge < -0.3 is 16.0 Å². The van der Waals surface area contributed by atoms with Crippen molar-refractivity contribution in [3.05, 3.63) is 160 Å². The van der Waals surface area contributed by atoms with Crippen LogP contribution in [0.15, 0.2) is 143 Å². The van der Waals surface area contributed by atoms with Crippen LogP contribution in [0.5, 0.6) is 0 Å². The van der Waals surface area contributed by atoms with Gasteiger partial charge in [-0.2, -0.15) is 0 Å². The minimum atomic E-state index is -3.89. The lowest BCUT2D eigenvalue weighted by atomic mass is 10.1. The number of carbonyl (C=O) groups excluding carboxylic acids is 3. The lowest BCUT2D eigenvalue weighted by Crippen LogP contribution is -2.30. The van der Waals surface area contributed by atoms with E-state index in [9.17, 15) is 22.8 Å². The Bertz CT molecular complexity index is 2130. The fourth-order valence-corrected chi connectivity index (χ4v) is 6.60. The number of primary sulfonamides is 1. The molecule has 1 unspecified atom stereocenters. The van der Waals surface area contributed by atoms with Gasteiger partial charge in [0.05, 0.1) is 4.90 Å². The van der Waals surface area contributed by atoms with Crippen molar-refractivity contribution in [2.75, 3.05) is 10.6 Å². The number of sulfonamides is 1. The number of halogens is 2. The predicted octanol–water partition coefficient (Wildman–Crippen LogP) is 7.52. The Morgan fingerprint density at radius 1 is 0.735 bits per heavy atom. The zero-order chi connectivity index (χ0) is 35.0. The van der Waals surface area contributed by atoms with E-state index in [4.69, 9.17) is 28.3 Å². The number of hydrogen-bond donors (Lipinski definition) is 4. The molecule has 0 radical (unpaired) electrons. The first-order valence-corrected chi connectivity index (χ1v) is 17.7. The maximum atomic E-state index is 13.6. The third-order valence-corrected chi connectivity index (χ3v) is 9.67. The van der Waals surface area contributed by atoms with E-state index in [-0.39, 0.29) is 21.5 Å². The Kier molecular flexibility index (Phi) is 11.6. The van der Waals surface area contributed by atoms with Gasteiger partial charge in [0.15, 0.2) is 0 Å². The summed E-state index contributed by atoms with van der Waals surface area (Å²) in [5.74, 6) is -1.46. The van der Waals surface area contributed by atoms with E-state index < -0.39 is 27.1 Å². The molecule has 1 atom stereocenters. The molecule has 5 aromatic rings. The van der Waals surface area contributed by atoms with Gasteiger partial charge in [-0.3, -0.25) is 14.4 Å². The van der Waals surface area contributed by atoms with Gasteiger partial charge in [-0.1, -0.05) is 83.9 Å². The summed E-state index contributed by atoms with van der Waals surface area (Å²) in [7, 11) is -3.89. The summed E-state index contributed by atoms with van der Waals surface area (Å²) < 4.78 is 23.3. The normalized spacial score (nSPS) is 12.1. The Morgan fingerprint density at radius 2 is 1.41 bits per heavy atom. The second-order valence-electron chi connectivity index (χ2n) is 10.5. The molecule has 248 valence electrons. The Morgan fingerprint density at radius 3 is 2.06 bits per heavy atom. The molecule has 0 saturated heterocycles. The lowest BCUT2D eigenvalue weighted by molar-refractivity contribution is -0.116. The monoisotopic (exact) mass is 730 g/mol. The molecule has 0 aliphatic rings. The molecule has 5 aromatic carbocycles. The van der Waals surface area contributed by atoms with Crippen LogP contribution in [0.3, 0.4) is 0 Å². The average molecular weight is 732 g/mol. The highest BCUT2D eigenvalue weighted by Gasteiger charge is 2.23. The van der Waals surface area contributed by atoms with E-state index in [1.54, 1.807) is 66.7 Å². The van der Waals surface area contributed by atoms with Crippen molar-refractivity contribution in [2.24, 2.45) is 5.14 Å². The summed E-state index contributed by atoms with van der Waals surface area (Å²) in [4.78, 5) is 40.8. The van der Waals surface area contributed by atoms with Gasteiger partial charge in [0, 0.05) is 31.9 Å². The number of anilines is 2. The molecule has 0 fully saturated rings. The second-order valence-corrected chi connectivity index (χ2v) is 14.1. The molecule has 0 spiro atoms. The standard InChI is InChI=1S/C36H28Cl2N4O5S2/c37-26-15-14-25(31(38)21-26)20-32(42-34(43)24-10-5-2-6-11-24)35(44)41-28-12-7-13-29(22-28)48-33(23-8-3-1-4-9-23)36(45)40-27-16-18-30(19-17-27)49(39,46)47/h1-22,33H,(H,40,45)(H,41,44)(H,42,43)(H2,39,46,47)/b32-20+. The van der Waals surface area contributed by atoms with Crippen molar-refractivity contribution in [3.63, 3.8) is 0 Å². The first-order valence-electron chi connectivity index (χ1n) is 14.6. The molecule has 3 amide bonds. The maximum Gasteiger partial charge on any atom is 0.272 e. The molecular formula is C36H28Cl2N4O5S2. The van der Waals surface area contributed by atoms with Crippen molar-refractivity contribution in [1.82, 2.24) is 5.32 Å². The highest BCUT2D eigenvalue weighted by molar-refractivity contribution is 8.00. The summed E-state index contributed by atoms with van der Waals surface area (Å²) in [5.41, 5.74) is 2.26. The summed E-state index contributed by atoms with van der Waals surface area (Å²) in [5, 5.41) is 13.5. The van der Waals surface area contributed by atoms with Crippen LogP contribution in [0.25, 0.3) is 6.08 Å². The number of benzene rings is 5. The van der Waals surface area contributed by atoms with Gasteiger partial charge in [0.2, 0.25) is 15.9 Å². The molecule has 0 bridgehead atoms. The number of nitrogens with one attached hydrogen (secondary N) is 3. The zero-order valence-electron chi connectivity index (χ0n) is 25.5. The minimum Gasteiger partial charge on any atom is -0.325 e. The fraction of sp³-hybridized carbons (Fsp3) is 0.0278. The molecule has 9 nitrogen and oxygen atoms in total. The van der Waals surface area contributed by atoms with E-state index in [0.717, 1.165) is 0 Å². The number of carbonyl (C=O) groups is 3. The summed E-state index contributed by atoms with van der Waals surface area (Å²) in [6.45, 7) is 0. The van der Waals surface area contributed by atoms with E-state index in [1.165, 1.54) is 48.2 Å². The number of rotatable bonds is 11. The first-order chi connectivity index (χ1) is 23.5. The van der Waals surface area contributed by atoms with Crippen molar-refractivity contribution < 1.29 is 22.8 Å². The molecule has 0 aromatic heterocycles. The summed E-state index contributed by atoms with van der Waals surface area (Å²) in [6.07, 6.45) is 1.46. The van der Waals surface area contributed by atoms with Crippen molar-refractivity contribution in [2.45, 2.75) is 15.0 Å². The average Bonchev–Trinajstić information content (AvgIpc) is 3.08. The van der Waals surface area contributed by atoms with Gasteiger partial charge in [-0.25, -0.2) is 13.6 Å². The van der Waals surface area contributed by atoms with Gasteiger partial charge in [-0.05, 0) is 83.9 Å². The van der Waals surface area contributed by atoms with Crippen LogP contribution < -0.4 is 21.1 Å². The Hall–Kier alpha value is -4.91. The highest BCUT2D eigenvalue weighted by Crippen LogP contribution is 2.37. The van der Waals surface area contributed by atoms with Crippen molar-refractivity contribution in [3.8, 4) is 0 Å². The van der Waals surface area contributed by atoms with Crippen LogP contribution >= 0.6 is 35.0 Å². The molecule has 0 aliphatic heterocycles. The van der Waals surface area contributed by atoms with E-state index in [0.29, 0.717) is 38.0 Å². The Balaban J connectivity index is 1.38. The summed E-state index contributed by atoms with van der Waals surface area (Å²) >= 11 is 13.7. The highest BCUT2D eigenvalue weighted by atomic mass is 35.5. The lowest BCUT2D eigenvalue weighted by Gasteiger charge is -2.18. The van der Waals surface area contributed by atoms with Crippen LogP contribution in [0, 0.1) is 0 Å². The molecule has 49 heavy (non-hydrogen) atoms. The van der Waals surface area contributed by atoms with Crippen LogP contribution in [0.2, 0.25) is 10.0 Å². The molecule has 0 aliphatic carbocycles. The first kappa shape index (κ1) is 35.4. The van der Waals surface area contributed by atoms with Gasteiger partial charge in [0.25, 0.3) is 11.8 Å². The number of amides is 3. The van der Waals surface area contributed by atoms with E-state index in [2.05, 4.69) is 16.0 Å². The molecule has 13 heteroatoms. The molecule has 5 rings (SSSR count). The molecule has 5 N–H and O–H groups in total. The summed E-state index contributed by atoms with van der Waals surface area (Å²) in [6, 6.07) is 34.8. The number of hydrogen-bond acceptors (Lipinski definition) is 6. The molecule has 0 heterocycles. The predicted molar refractivity (Wildman–Crippen MR) is 195 cm³/mol. The topological polar surface area (TPSA) is 147 Å².